The Balaban J connectivity index is 2.13. The van der Waals surface area contributed by atoms with Crippen LogP contribution in [0.15, 0.2) is 51.8 Å². The zero-order valence-corrected chi connectivity index (χ0v) is 11.8. The minimum atomic E-state index is -0.109. The lowest BCUT2D eigenvalue weighted by molar-refractivity contribution is 0.607. The largest absolute Gasteiger partial charge is 0.206 e. The van der Waals surface area contributed by atoms with E-state index < -0.39 is 0 Å². The van der Waals surface area contributed by atoms with Crippen molar-refractivity contribution in [1.29, 1.82) is 0 Å². The van der Waals surface area contributed by atoms with Crippen molar-refractivity contribution in [2.45, 2.75) is 17.6 Å². The second-order valence-corrected chi connectivity index (χ2v) is 5.65. The summed E-state index contributed by atoms with van der Waals surface area (Å²) in [5.41, 5.74) is 1.43. The number of rotatable bonds is 3. The second kappa shape index (κ2) is 5.69. The van der Waals surface area contributed by atoms with Gasteiger partial charge >= 0.3 is 0 Å². The maximum Gasteiger partial charge on any atom is 0.131 e. The maximum absolute atomic E-state index is 13.9. The molecule has 2 aromatic rings. The fourth-order valence-electron chi connectivity index (χ4n) is 1.51. The molecule has 88 valence electrons. The lowest BCUT2D eigenvalue weighted by Crippen LogP contribution is -1.92. The Labute approximate surface area is 113 Å². The van der Waals surface area contributed by atoms with Crippen LogP contribution in [0.2, 0.25) is 0 Å². The van der Waals surface area contributed by atoms with Crippen LogP contribution >= 0.6 is 27.7 Å². The highest BCUT2D eigenvalue weighted by molar-refractivity contribution is 9.10. The third-order valence-electron chi connectivity index (χ3n) is 2.54. The zero-order chi connectivity index (χ0) is 12.3. The molecule has 0 spiro atoms. The summed E-state index contributed by atoms with van der Waals surface area (Å²) >= 11 is 4.98. The van der Waals surface area contributed by atoms with Gasteiger partial charge in [-0.2, -0.15) is 0 Å². The van der Waals surface area contributed by atoms with Crippen LogP contribution in [0.1, 0.15) is 11.1 Å². The van der Waals surface area contributed by atoms with E-state index in [1.807, 2.05) is 42.5 Å². The average molecular weight is 311 g/mol. The average Bonchev–Trinajstić information content (AvgIpc) is 2.36. The predicted molar refractivity (Wildman–Crippen MR) is 74.8 cm³/mol. The fraction of sp³-hybridized carbons (Fsp3) is 0.143. The van der Waals surface area contributed by atoms with Gasteiger partial charge in [0.05, 0.1) is 0 Å². The Morgan fingerprint density at radius 3 is 2.53 bits per heavy atom. The Hall–Kier alpha value is -0.800. The lowest BCUT2D eigenvalue weighted by Gasteiger charge is -2.07. The van der Waals surface area contributed by atoms with Gasteiger partial charge in [0.25, 0.3) is 0 Å². The molecule has 0 N–H and O–H groups in total. The lowest BCUT2D eigenvalue weighted by atomic mass is 10.1. The molecular weight excluding hydrogens is 299 g/mol. The smallest absolute Gasteiger partial charge is 0.131 e. The van der Waals surface area contributed by atoms with E-state index in [4.69, 9.17) is 0 Å². The number of hydrogen-bond donors (Lipinski definition) is 0. The summed E-state index contributed by atoms with van der Waals surface area (Å²) in [6, 6.07) is 13.8. The van der Waals surface area contributed by atoms with E-state index in [1.165, 1.54) is 0 Å². The van der Waals surface area contributed by atoms with Gasteiger partial charge in [-0.25, -0.2) is 4.39 Å². The second-order valence-electron chi connectivity index (χ2n) is 3.75. The Kier molecular flexibility index (Phi) is 4.24. The van der Waals surface area contributed by atoms with Gasteiger partial charge in [-0.15, -0.1) is 11.8 Å². The molecule has 0 saturated carbocycles. The number of hydrogen-bond acceptors (Lipinski definition) is 1. The van der Waals surface area contributed by atoms with Crippen LogP contribution in [0.25, 0.3) is 0 Å². The molecule has 0 aromatic heterocycles. The standard InChI is InChI=1S/C14H12BrFS/c1-10-13(15)8-7-11(14(10)16)9-17-12-5-3-2-4-6-12/h2-8H,9H2,1H3. The van der Waals surface area contributed by atoms with Crippen LogP contribution < -0.4 is 0 Å². The first kappa shape index (κ1) is 12.7. The Morgan fingerprint density at radius 1 is 1.12 bits per heavy atom. The first-order chi connectivity index (χ1) is 8.18. The van der Waals surface area contributed by atoms with Crippen molar-refractivity contribution in [3.8, 4) is 0 Å². The minimum Gasteiger partial charge on any atom is -0.206 e. The molecule has 3 heteroatoms. The summed E-state index contributed by atoms with van der Waals surface area (Å²) < 4.78 is 14.7. The van der Waals surface area contributed by atoms with E-state index in [0.29, 0.717) is 11.3 Å². The van der Waals surface area contributed by atoms with Crippen LogP contribution in [0.4, 0.5) is 4.39 Å². The van der Waals surface area contributed by atoms with Gasteiger partial charge in [0.1, 0.15) is 5.82 Å². The SMILES string of the molecule is Cc1c(Br)ccc(CSc2ccccc2)c1F. The Bertz CT molecular complexity index is 511. The van der Waals surface area contributed by atoms with Crippen LogP contribution in [0.5, 0.6) is 0 Å². The molecule has 0 atom stereocenters. The van der Waals surface area contributed by atoms with Crippen LogP contribution in [-0.2, 0) is 5.75 Å². The van der Waals surface area contributed by atoms with Crippen molar-refractivity contribution in [3.63, 3.8) is 0 Å². The molecule has 0 radical (unpaired) electrons. The molecule has 0 aliphatic carbocycles. The summed E-state index contributed by atoms with van der Waals surface area (Å²) in [6.07, 6.45) is 0. The van der Waals surface area contributed by atoms with Gasteiger partial charge in [0.2, 0.25) is 0 Å². The van der Waals surface area contributed by atoms with E-state index in [1.54, 1.807) is 18.7 Å². The molecule has 0 unspecified atom stereocenters. The van der Waals surface area contributed by atoms with Gasteiger partial charge in [-0.3, -0.25) is 0 Å². The first-order valence-electron chi connectivity index (χ1n) is 5.30. The molecule has 0 heterocycles. The number of thioether (sulfide) groups is 1. The summed E-state index contributed by atoms with van der Waals surface area (Å²) in [7, 11) is 0. The molecule has 2 rings (SSSR count). The highest BCUT2D eigenvalue weighted by atomic mass is 79.9. The van der Waals surface area contributed by atoms with E-state index in [9.17, 15) is 4.39 Å². The molecule has 0 amide bonds. The molecule has 0 fully saturated rings. The summed E-state index contributed by atoms with van der Waals surface area (Å²) in [5.74, 6) is 0.548. The normalized spacial score (nSPS) is 10.5. The van der Waals surface area contributed by atoms with Crippen LogP contribution in [-0.4, -0.2) is 0 Å². The highest BCUT2D eigenvalue weighted by Crippen LogP contribution is 2.27. The monoisotopic (exact) mass is 310 g/mol. The van der Waals surface area contributed by atoms with Gasteiger partial charge in [0.15, 0.2) is 0 Å². The van der Waals surface area contributed by atoms with E-state index in [0.717, 1.165) is 14.9 Å². The quantitative estimate of drug-likeness (QED) is 0.703. The van der Waals surface area contributed by atoms with Crippen LogP contribution in [0, 0.1) is 12.7 Å². The van der Waals surface area contributed by atoms with E-state index in [-0.39, 0.29) is 5.82 Å². The maximum atomic E-state index is 13.9. The fourth-order valence-corrected chi connectivity index (χ4v) is 2.71. The molecule has 0 bridgehead atoms. The predicted octanol–water partition coefficient (Wildman–Crippen LogP) is 5.19. The third-order valence-corrected chi connectivity index (χ3v) is 4.46. The van der Waals surface area contributed by atoms with Crippen molar-refractivity contribution in [2.75, 3.05) is 0 Å². The number of halogens is 2. The first-order valence-corrected chi connectivity index (χ1v) is 7.07. The molecule has 0 nitrogen and oxygen atoms in total. The van der Waals surface area contributed by atoms with Crippen molar-refractivity contribution in [1.82, 2.24) is 0 Å². The van der Waals surface area contributed by atoms with E-state index in [2.05, 4.69) is 15.9 Å². The third kappa shape index (κ3) is 3.11. The van der Waals surface area contributed by atoms with Crippen molar-refractivity contribution in [3.05, 3.63) is 63.9 Å². The molecular formula is C14H12BrFS. The Morgan fingerprint density at radius 2 is 1.82 bits per heavy atom. The molecule has 0 aliphatic rings. The molecule has 2 aromatic carbocycles. The summed E-state index contributed by atoms with van der Waals surface area (Å²) in [6.45, 7) is 1.79. The van der Waals surface area contributed by atoms with Crippen LogP contribution in [0.3, 0.4) is 0 Å². The van der Waals surface area contributed by atoms with Crippen molar-refractivity contribution < 1.29 is 4.39 Å². The minimum absolute atomic E-state index is 0.109. The van der Waals surface area contributed by atoms with Gasteiger partial charge in [-0.1, -0.05) is 40.2 Å². The van der Waals surface area contributed by atoms with Gasteiger partial charge in [0, 0.05) is 15.1 Å². The van der Waals surface area contributed by atoms with Crippen molar-refractivity contribution >= 4 is 27.7 Å². The number of benzene rings is 2. The zero-order valence-electron chi connectivity index (χ0n) is 9.41. The summed E-state index contributed by atoms with van der Waals surface area (Å²) in [4.78, 5) is 1.16. The van der Waals surface area contributed by atoms with Gasteiger partial charge < -0.3 is 0 Å². The molecule has 0 aliphatic heterocycles. The molecule has 0 saturated heterocycles. The topological polar surface area (TPSA) is 0 Å². The molecule has 17 heavy (non-hydrogen) atoms. The van der Waals surface area contributed by atoms with E-state index >= 15 is 0 Å². The highest BCUT2D eigenvalue weighted by Gasteiger charge is 2.08. The van der Waals surface area contributed by atoms with Gasteiger partial charge in [-0.05, 0) is 36.2 Å². The van der Waals surface area contributed by atoms with Crippen molar-refractivity contribution in [2.24, 2.45) is 0 Å². The summed E-state index contributed by atoms with van der Waals surface area (Å²) in [5, 5.41) is 0.